The molecule has 0 radical (unpaired) electrons. The third kappa shape index (κ3) is 3.67. The molecule has 0 bridgehead atoms. The second-order valence-electron chi connectivity index (χ2n) is 10.9. The molecule has 8 atom stereocenters. The van der Waals surface area contributed by atoms with Gasteiger partial charge in [0.1, 0.15) is 0 Å². The van der Waals surface area contributed by atoms with Crippen molar-refractivity contribution in [3.05, 3.63) is 11.4 Å². The fraction of sp³-hybridized carbons (Fsp3) is 0.875. The summed E-state index contributed by atoms with van der Waals surface area (Å²) in [5, 5.41) is 4.25. The zero-order valence-corrected chi connectivity index (χ0v) is 19.5. The third-order valence-corrected chi connectivity index (χ3v) is 10.6. The van der Waals surface area contributed by atoms with Crippen LogP contribution in [0.5, 0.6) is 0 Å². The van der Waals surface area contributed by atoms with Gasteiger partial charge in [0.15, 0.2) is 0 Å². The number of hydrogen-bond donors (Lipinski definition) is 2. The van der Waals surface area contributed by atoms with Crippen molar-refractivity contribution in [3.8, 4) is 0 Å². The van der Waals surface area contributed by atoms with Crippen molar-refractivity contribution in [1.29, 1.82) is 0 Å². The van der Waals surface area contributed by atoms with Gasteiger partial charge in [0.25, 0.3) is 0 Å². The van der Waals surface area contributed by atoms with E-state index in [1.54, 1.807) is 0 Å². The number of nitrogens with one attached hydrogen (secondary N) is 1. The Hall–Kier alpha value is -0.600. The van der Waals surface area contributed by atoms with Crippen LogP contribution in [0, 0.1) is 34.5 Å². The van der Waals surface area contributed by atoms with Gasteiger partial charge in [-0.05, 0) is 92.3 Å². The van der Waals surface area contributed by atoms with Crippen molar-refractivity contribution < 1.29 is 14.3 Å². The Kier molecular flexibility index (Phi) is 6.08. The Balaban J connectivity index is 1.50. The number of fused-ring (bicyclic) bond motifs is 5. The zero-order chi connectivity index (χ0) is 20.8. The molecule has 0 aromatic carbocycles. The molecule has 4 rings (SSSR count). The molecule has 0 heterocycles. The van der Waals surface area contributed by atoms with Crippen molar-refractivity contribution >= 4 is 13.9 Å². The summed E-state index contributed by atoms with van der Waals surface area (Å²) in [5.41, 5.74) is 0.533. The van der Waals surface area contributed by atoms with Crippen LogP contribution in [-0.2, 0) is 9.36 Å². The monoisotopic (exact) mass is 421 g/mol. The molecular formula is C24H40NO3P. The fourth-order valence-electron chi connectivity index (χ4n) is 7.88. The molecule has 1 amide bonds. The van der Waals surface area contributed by atoms with Crippen LogP contribution in [0.25, 0.3) is 0 Å². The minimum Gasteiger partial charge on any atom is -0.353 e. The van der Waals surface area contributed by atoms with E-state index in [0.29, 0.717) is 18.4 Å². The van der Waals surface area contributed by atoms with E-state index in [1.165, 1.54) is 25.7 Å². The van der Waals surface area contributed by atoms with E-state index in [1.807, 2.05) is 0 Å². The van der Waals surface area contributed by atoms with E-state index in [4.69, 9.17) is 0 Å². The van der Waals surface area contributed by atoms with E-state index in [9.17, 15) is 14.3 Å². The van der Waals surface area contributed by atoms with Gasteiger partial charge in [-0.1, -0.05) is 33.3 Å². The standard InChI is InChI=1S/C24H40NO3P/c1-4-5-6-22(26)25-21-10-9-19-18-8-7-16-15-17(29(27)28)11-13-23(16,2)20(18)12-14-24(19,21)3/h15-16,18-21,29H,4-14H2,1-3H3,(H,25,26)(H,27,28)/t16-,18-,19-,20-,21-,23-,24-/m0/s1. The van der Waals surface area contributed by atoms with E-state index in [0.717, 1.165) is 61.6 Å². The highest BCUT2D eigenvalue weighted by molar-refractivity contribution is 7.43. The lowest BCUT2D eigenvalue weighted by atomic mass is 9.46. The normalized spacial score (nSPS) is 44.8. The molecule has 2 N–H and O–H groups in total. The Labute approximate surface area is 177 Å². The molecular weight excluding hydrogens is 381 g/mol. The summed E-state index contributed by atoms with van der Waals surface area (Å²) >= 11 is 0. The first kappa shape index (κ1) is 21.6. The first-order chi connectivity index (χ1) is 13.8. The molecule has 4 aliphatic carbocycles. The van der Waals surface area contributed by atoms with Gasteiger partial charge in [-0.15, -0.1) is 0 Å². The Morgan fingerprint density at radius 3 is 2.62 bits per heavy atom. The lowest BCUT2D eigenvalue weighted by molar-refractivity contribution is -0.124. The highest BCUT2D eigenvalue weighted by Gasteiger charge is 2.59. The molecule has 5 heteroatoms. The van der Waals surface area contributed by atoms with Crippen LogP contribution in [0.2, 0.25) is 0 Å². The van der Waals surface area contributed by atoms with Crippen molar-refractivity contribution in [2.24, 2.45) is 34.5 Å². The average molecular weight is 422 g/mol. The largest absolute Gasteiger partial charge is 0.353 e. The van der Waals surface area contributed by atoms with Crippen molar-refractivity contribution in [2.45, 2.75) is 97.4 Å². The highest BCUT2D eigenvalue weighted by atomic mass is 31.1. The number of carbonyl (C=O) groups excluding carboxylic acids is 1. The number of unbranched alkanes of at least 4 members (excludes halogenated alkanes) is 1. The van der Waals surface area contributed by atoms with Gasteiger partial charge in [-0.2, -0.15) is 0 Å². The van der Waals surface area contributed by atoms with Crippen LogP contribution in [0.1, 0.15) is 91.4 Å². The Morgan fingerprint density at radius 2 is 1.90 bits per heavy atom. The quantitative estimate of drug-likeness (QED) is 0.563. The van der Waals surface area contributed by atoms with E-state index < -0.39 is 8.03 Å². The predicted octanol–water partition coefficient (Wildman–Crippen LogP) is 5.66. The second-order valence-corrected chi connectivity index (χ2v) is 12.2. The zero-order valence-electron chi connectivity index (χ0n) is 18.5. The van der Waals surface area contributed by atoms with E-state index in [-0.39, 0.29) is 16.7 Å². The summed E-state index contributed by atoms with van der Waals surface area (Å²) in [6.45, 7) is 7.07. The molecule has 1 unspecified atom stereocenters. The van der Waals surface area contributed by atoms with E-state index >= 15 is 0 Å². The lowest BCUT2D eigenvalue weighted by Crippen LogP contribution is -2.55. The van der Waals surface area contributed by atoms with Gasteiger partial charge in [0.05, 0.1) is 0 Å². The number of hydrogen-bond acceptors (Lipinski definition) is 2. The molecule has 164 valence electrons. The van der Waals surface area contributed by atoms with Crippen LogP contribution >= 0.6 is 8.03 Å². The maximum atomic E-state index is 12.4. The van der Waals surface area contributed by atoms with Gasteiger partial charge in [-0.3, -0.25) is 9.36 Å². The Bertz CT molecular complexity index is 706. The molecule has 3 saturated carbocycles. The van der Waals surface area contributed by atoms with Crippen molar-refractivity contribution in [1.82, 2.24) is 5.32 Å². The number of carbonyl (C=O) groups is 1. The lowest BCUT2D eigenvalue weighted by Gasteiger charge is -2.59. The molecule has 4 aliphatic rings. The highest BCUT2D eigenvalue weighted by Crippen LogP contribution is 2.66. The molecule has 0 aromatic heterocycles. The summed E-state index contributed by atoms with van der Waals surface area (Å²) in [6, 6.07) is 0.348. The van der Waals surface area contributed by atoms with Gasteiger partial charge in [-0.25, -0.2) is 0 Å². The summed E-state index contributed by atoms with van der Waals surface area (Å²) in [5.74, 6) is 2.93. The summed E-state index contributed by atoms with van der Waals surface area (Å²) in [6.07, 6.45) is 14.1. The van der Waals surface area contributed by atoms with Crippen LogP contribution < -0.4 is 5.32 Å². The average Bonchev–Trinajstić information content (AvgIpc) is 3.01. The number of amides is 1. The van der Waals surface area contributed by atoms with Gasteiger partial charge in [0, 0.05) is 17.8 Å². The maximum absolute atomic E-state index is 12.4. The first-order valence-electron chi connectivity index (χ1n) is 12.0. The molecule has 0 aromatic rings. The first-order valence-corrected chi connectivity index (χ1v) is 13.4. The van der Waals surface area contributed by atoms with Crippen LogP contribution in [-0.4, -0.2) is 16.8 Å². The molecule has 3 fully saturated rings. The summed E-state index contributed by atoms with van der Waals surface area (Å²) < 4.78 is 11.7. The number of rotatable bonds is 5. The Morgan fingerprint density at radius 1 is 1.14 bits per heavy atom. The van der Waals surface area contributed by atoms with Crippen molar-refractivity contribution in [3.63, 3.8) is 0 Å². The van der Waals surface area contributed by atoms with Gasteiger partial charge in [0.2, 0.25) is 13.9 Å². The van der Waals surface area contributed by atoms with Gasteiger partial charge >= 0.3 is 0 Å². The van der Waals surface area contributed by atoms with Crippen LogP contribution in [0.4, 0.5) is 0 Å². The van der Waals surface area contributed by atoms with Gasteiger partial charge < -0.3 is 10.2 Å². The van der Waals surface area contributed by atoms with Crippen molar-refractivity contribution in [2.75, 3.05) is 0 Å². The topological polar surface area (TPSA) is 66.4 Å². The fourth-order valence-corrected chi connectivity index (χ4v) is 8.56. The molecule has 0 aliphatic heterocycles. The summed E-state index contributed by atoms with van der Waals surface area (Å²) in [7, 11) is -2.52. The third-order valence-electron chi connectivity index (χ3n) is 9.64. The minimum absolute atomic E-state index is 0.248. The predicted molar refractivity (Wildman–Crippen MR) is 118 cm³/mol. The summed E-state index contributed by atoms with van der Waals surface area (Å²) in [4.78, 5) is 22.1. The maximum Gasteiger partial charge on any atom is 0.220 e. The van der Waals surface area contributed by atoms with E-state index in [2.05, 4.69) is 32.2 Å². The molecule has 29 heavy (non-hydrogen) atoms. The van der Waals surface area contributed by atoms with Crippen LogP contribution in [0.15, 0.2) is 11.4 Å². The SMILES string of the molecule is CCCCC(=O)N[C@H]1CC[C@H]2[C@@H]3CC[C@H]4C=C([PH](=O)O)CC[C@]4(C)[C@H]3CC[C@]12C. The van der Waals surface area contributed by atoms with Crippen LogP contribution in [0.3, 0.4) is 0 Å². The number of allylic oxidation sites excluding steroid dienone is 2. The molecule has 0 spiro atoms. The molecule has 4 nitrogen and oxygen atoms in total. The second kappa shape index (κ2) is 8.15. The minimum atomic E-state index is -2.52. The molecule has 0 saturated heterocycles. The smallest absolute Gasteiger partial charge is 0.220 e.